The first kappa shape index (κ1) is 22.7. The fourth-order valence-corrected chi connectivity index (χ4v) is 2.57. The van der Waals surface area contributed by atoms with Crippen LogP contribution in [0.5, 0.6) is 11.5 Å². The van der Waals surface area contributed by atoms with Crippen LogP contribution in [0.25, 0.3) is 0 Å². The molecule has 1 atom stereocenters. The zero-order valence-corrected chi connectivity index (χ0v) is 17.6. The van der Waals surface area contributed by atoms with Crippen LogP contribution in [0.1, 0.15) is 30.9 Å². The molecule has 8 nitrogen and oxygen atoms in total. The zero-order valence-electron chi connectivity index (χ0n) is 17.6. The van der Waals surface area contributed by atoms with Crippen LogP contribution in [0.3, 0.4) is 0 Å². The van der Waals surface area contributed by atoms with Gasteiger partial charge in [-0.15, -0.1) is 0 Å². The predicted molar refractivity (Wildman–Crippen MR) is 113 cm³/mol. The first-order valence-electron chi connectivity index (χ1n) is 9.55. The Bertz CT molecular complexity index is 913. The number of nitrogens with one attached hydrogen (secondary N) is 3. The highest BCUT2D eigenvalue weighted by atomic mass is 16.5. The van der Waals surface area contributed by atoms with Crippen LogP contribution in [-0.2, 0) is 14.4 Å². The molecule has 3 amide bonds. The fraction of sp³-hybridized carbons (Fsp3) is 0.318. The smallest absolute Gasteiger partial charge is 0.279 e. The van der Waals surface area contributed by atoms with Crippen LogP contribution in [0.2, 0.25) is 0 Å². The lowest BCUT2D eigenvalue weighted by Gasteiger charge is -2.16. The number of ether oxygens (including phenoxy) is 2. The minimum Gasteiger partial charge on any atom is -0.493 e. The van der Waals surface area contributed by atoms with Gasteiger partial charge in [-0.25, -0.2) is 0 Å². The maximum absolute atomic E-state index is 12.1. The van der Waals surface area contributed by atoms with Gasteiger partial charge in [-0.1, -0.05) is 24.3 Å². The van der Waals surface area contributed by atoms with E-state index in [0.717, 1.165) is 16.8 Å². The molecule has 0 aromatic heterocycles. The Morgan fingerprint density at radius 2 is 1.60 bits per heavy atom. The molecule has 2 aromatic carbocycles. The summed E-state index contributed by atoms with van der Waals surface area (Å²) in [5.74, 6) is -0.385. The van der Waals surface area contributed by atoms with E-state index in [9.17, 15) is 14.4 Å². The molecular weight excluding hydrogens is 386 g/mol. The molecule has 0 aliphatic rings. The molecule has 0 fully saturated rings. The molecule has 0 saturated carbocycles. The maximum Gasteiger partial charge on any atom is 0.279 e. The summed E-state index contributed by atoms with van der Waals surface area (Å²) in [4.78, 5) is 36.1. The quantitative estimate of drug-likeness (QED) is 0.577. The summed E-state index contributed by atoms with van der Waals surface area (Å²) in [7, 11) is 1.50. The van der Waals surface area contributed by atoms with Crippen LogP contribution in [0.4, 0.5) is 5.69 Å². The zero-order chi connectivity index (χ0) is 22.1. The molecule has 2 aromatic rings. The predicted octanol–water partition coefficient (Wildman–Crippen LogP) is 2.65. The number of carbonyl (C=O) groups excluding carboxylic acids is 3. The molecule has 0 aliphatic heterocycles. The number of aryl methyl sites for hydroxylation is 2. The first-order chi connectivity index (χ1) is 14.3. The van der Waals surface area contributed by atoms with Crippen molar-refractivity contribution in [2.45, 2.75) is 39.7 Å². The van der Waals surface area contributed by atoms with E-state index in [1.165, 1.54) is 7.11 Å². The van der Waals surface area contributed by atoms with Crippen molar-refractivity contribution in [3.63, 3.8) is 0 Å². The van der Waals surface area contributed by atoms with Gasteiger partial charge in [-0.2, -0.15) is 0 Å². The van der Waals surface area contributed by atoms with Crippen molar-refractivity contribution in [2.75, 3.05) is 12.4 Å². The molecule has 0 spiro atoms. The lowest BCUT2D eigenvalue weighted by atomic mass is 10.1. The van der Waals surface area contributed by atoms with Gasteiger partial charge in [-0.3, -0.25) is 25.2 Å². The minimum absolute atomic E-state index is 0.0116. The Morgan fingerprint density at radius 1 is 0.933 bits per heavy atom. The van der Waals surface area contributed by atoms with Crippen molar-refractivity contribution < 1.29 is 23.9 Å². The second kappa shape index (κ2) is 10.8. The first-order valence-corrected chi connectivity index (χ1v) is 9.55. The number of hydrogen-bond donors (Lipinski definition) is 3. The number of carbonyl (C=O) groups is 3. The molecular formula is C22H27N3O5. The van der Waals surface area contributed by atoms with Crippen LogP contribution >= 0.6 is 0 Å². The minimum atomic E-state index is -0.866. The number of para-hydroxylation sites is 2. The van der Waals surface area contributed by atoms with E-state index in [-0.39, 0.29) is 18.7 Å². The van der Waals surface area contributed by atoms with Gasteiger partial charge < -0.3 is 14.8 Å². The van der Waals surface area contributed by atoms with E-state index < -0.39 is 17.9 Å². The van der Waals surface area contributed by atoms with Gasteiger partial charge in [0.25, 0.3) is 5.91 Å². The Labute approximate surface area is 175 Å². The lowest BCUT2D eigenvalue weighted by molar-refractivity contribution is -0.133. The molecule has 0 saturated heterocycles. The summed E-state index contributed by atoms with van der Waals surface area (Å²) in [6.07, 6.45) is -0.949. The monoisotopic (exact) mass is 413 g/mol. The van der Waals surface area contributed by atoms with Gasteiger partial charge in [0.15, 0.2) is 17.6 Å². The van der Waals surface area contributed by atoms with Crippen molar-refractivity contribution in [3.8, 4) is 11.5 Å². The molecule has 0 heterocycles. The summed E-state index contributed by atoms with van der Waals surface area (Å²) in [6, 6.07) is 12.7. The molecule has 1 unspecified atom stereocenters. The third kappa shape index (κ3) is 6.80. The number of rotatable bonds is 8. The second-order valence-electron chi connectivity index (χ2n) is 6.81. The Kier molecular flexibility index (Phi) is 8.22. The van der Waals surface area contributed by atoms with Gasteiger partial charge in [0.1, 0.15) is 0 Å². The maximum atomic E-state index is 12.1. The van der Waals surface area contributed by atoms with Crippen molar-refractivity contribution in [1.29, 1.82) is 0 Å². The average Bonchev–Trinajstić information content (AvgIpc) is 2.73. The number of amides is 3. The van der Waals surface area contributed by atoms with Crippen molar-refractivity contribution in [1.82, 2.24) is 10.9 Å². The highest BCUT2D eigenvalue weighted by molar-refractivity contribution is 5.94. The van der Waals surface area contributed by atoms with Crippen LogP contribution in [-0.4, -0.2) is 30.9 Å². The molecule has 160 valence electrons. The van der Waals surface area contributed by atoms with Gasteiger partial charge in [0.05, 0.1) is 7.11 Å². The van der Waals surface area contributed by atoms with Crippen LogP contribution in [0.15, 0.2) is 42.5 Å². The summed E-state index contributed by atoms with van der Waals surface area (Å²) in [5, 5.41) is 2.79. The topological polar surface area (TPSA) is 106 Å². The van der Waals surface area contributed by atoms with Crippen molar-refractivity contribution in [2.24, 2.45) is 0 Å². The third-order valence-electron chi connectivity index (χ3n) is 4.31. The van der Waals surface area contributed by atoms with E-state index >= 15 is 0 Å². The molecule has 0 aliphatic carbocycles. The van der Waals surface area contributed by atoms with Crippen LogP contribution < -0.4 is 25.6 Å². The molecule has 0 radical (unpaired) electrons. The van der Waals surface area contributed by atoms with E-state index in [1.54, 1.807) is 31.2 Å². The van der Waals surface area contributed by atoms with E-state index in [1.807, 2.05) is 32.0 Å². The van der Waals surface area contributed by atoms with Crippen LogP contribution in [0, 0.1) is 13.8 Å². The lowest BCUT2D eigenvalue weighted by Crippen LogP contribution is -2.47. The summed E-state index contributed by atoms with van der Waals surface area (Å²) in [5.41, 5.74) is 7.27. The number of hydrazine groups is 1. The summed E-state index contributed by atoms with van der Waals surface area (Å²) < 4.78 is 10.7. The van der Waals surface area contributed by atoms with Crippen molar-refractivity contribution in [3.05, 3.63) is 53.6 Å². The van der Waals surface area contributed by atoms with E-state index in [2.05, 4.69) is 16.2 Å². The number of methoxy groups -OCH3 is 1. The van der Waals surface area contributed by atoms with Gasteiger partial charge in [0, 0.05) is 18.5 Å². The van der Waals surface area contributed by atoms with Crippen molar-refractivity contribution >= 4 is 23.4 Å². The molecule has 0 bridgehead atoms. The Hall–Kier alpha value is -3.55. The van der Waals surface area contributed by atoms with E-state index in [4.69, 9.17) is 9.47 Å². The average molecular weight is 413 g/mol. The van der Waals surface area contributed by atoms with Gasteiger partial charge in [-0.05, 0) is 50.1 Å². The second-order valence-corrected chi connectivity index (χ2v) is 6.81. The van der Waals surface area contributed by atoms with Gasteiger partial charge in [0.2, 0.25) is 11.8 Å². The fourth-order valence-electron chi connectivity index (χ4n) is 2.57. The highest BCUT2D eigenvalue weighted by Gasteiger charge is 2.17. The molecule has 3 N–H and O–H groups in total. The molecule has 2 rings (SSSR count). The summed E-state index contributed by atoms with van der Waals surface area (Å²) in [6.45, 7) is 5.38. The third-order valence-corrected chi connectivity index (χ3v) is 4.31. The normalized spacial score (nSPS) is 11.2. The molecule has 30 heavy (non-hydrogen) atoms. The number of benzene rings is 2. The standard InChI is InChI=1S/C22H27N3O5/c1-14-9-10-15(2)17(13-14)23-20(26)11-12-21(27)24-25-22(28)16(3)30-19-8-6-5-7-18(19)29-4/h5-10,13,16H,11-12H2,1-4H3,(H,23,26)(H,24,27)(H,25,28). The highest BCUT2D eigenvalue weighted by Crippen LogP contribution is 2.26. The molecule has 8 heteroatoms. The number of hydrogen-bond acceptors (Lipinski definition) is 5. The SMILES string of the molecule is COc1ccccc1OC(C)C(=O)NNC(=O)CCC(=O)Nc1cc(C)ccc1C. The largest absolute Gasteiger partial charge is 0.493 e. The van der Waals surface area contributed by atoms with Gasteiger partial charge >= 0.3 is 0 Å². The summed E-state index contributed by atoms with van der Waals surface area (Å²) >= 11 is 0. The number of anilines is 1. The Morgan fingerprint density at radius 3 is 2.30 bits per heavy atom. The Balaban J connectivity index is 1.75. The van der Waals surface area contributed by atoms with E-state index in [0.29, 0.717) is 11.5 Å².